The van der Waals surface area contributed by atoms with E-state index in [1.807, 2.05) is 24.3 Å². The molecule has 0 bridgehead atoms. The van der Waals surface area contributed by atoms with Crippen LogP contribution in [0.2, 0.25) is 5.02 Å². The summed E-state index contributed by atoms with van der Waals surface area (Å²) in [6, 6.07) is 15.9. The van der Waals surface area contributed by atoms with Crippen LogP contribution in [-0.2, 0) is 20.7 Å². The number of nitrogens with one attached hydrogen (secondary N) is 1. The van der Waals surface area contributed by atoms with E-state index in [-0.39, 0.29) is 31.2 Å². The molecule has 16 heteroatoms. The van der Waals surface area contributed by atoms with Crippen molar-refractivity contribution in [3.05, 3.63) is 94.0 Å². The Kier molecular flexibility index (Phi) is 10.7. The number of carbonyl (C=O) groups is 2. The molecule has 2 aromatic carbocycles. The monoisotopic (exact) mass is 662 g/mol. The molecule has 4 heterocycles. The van der Waals surface area contributed by atoms with E-state index in [0.29, 0.717) is 48.3 Å². The SMILES string of the molecule is COCCOCCN(C(=O)O)c1ccc(-c2cnc([C@@H]3CCc4cc(-c5cc(Cl)ccc5-n5cnnn5)cc(=O)n43)[nH]2)cc1.O=CO. The van der Waals surface area contributed by atoms with Gasteiger partial charge >= 0.3 is 6.09 Å². The van der Waals surface area contributed by atoms with E-state index < -0.39 is 6.09 Å². The molecule has 0 spiro atoms. The van der Waals surface area contributed by atoms with Crippen LogP contribution in [-0.4, -0.2) is 91.0 Å². The number of aromatic nitrogens is 7. The quantitative estimate of drug-likeness (QED) is 0.137. The van der Waals surface area contributed by atoms with Gasteiger partial charge in [-0.15, -0.1) is 5.10 Å². The van der Waals surface area contributed by atoms with Crippen molar-refractivity contribution in [2.75, 3.05) is 38.4 Å². The molecule has 3 N–H and O–H groups in total. The van der Waals surface area contributed by atoms with Crippen molar-refractivity contribution in [1.29, 1.82) is 0 Å². The van der Waals surface area contributed by atoms with Crippen LogP contribution in [0.1, 0.15) is 24.0 Å². The molecule has 47 heavy (non-hydrogen) atoms. The molecule has 5 aromatic rings. The standard InChI is InChI=1S/C30H29ClN8O5.CH2O2/c1-43-12-13-44-11-10-37(30(41)42)22-5-2-19(3-6-22)25-17-32-29(34-25)27-9-7-23-14-20(15-28(40)39(23)27)24-16-21(31)4-8-26(24)38-18-33-35-36-38;2-1-3/h2-6,8,14-18,27H,7,9-13H2,1H3,(H,32,34)(H,41,42);1H,(H,2,3)/t27-;/m0./s1. The molecule has 0 unspecified atom stereocenters. The Labute approximate surface area is 273 Å². The van der Waals surface area contributed by atoms with Crippen LogP contribution in [0.4, 0.5) is 10.5 Å². The normalized spacial score (nSPS) is 13.4. The maximum Gasteiger partial charge on any atom is 0.411 e. The maximum absolute atomic E-state index is 13.5. The summed E-state index contributed by atoms with van der Waals surface area (Å²) >= 11 is 6.32. The third-order valence-corrected chi connectivity index (χ3v) is 7.76. The number of ether oxygens (including phenoxy) is 2. The van der Waals surface area contributed by atoms with Gasteiger partial charge in [-0.1, -0.05) is 23.7 Å². The number of aryl methyl sites for hydroxylation is 1. The molecule has 15 nitrogen and oxygen atoms in total. The van der Waals surface area contributed by atoms with Crippen LogP contribution in [0, 0.1) is 0 Å². The van der Waals surface area contributed by atoms with Gasteiger partial charge in [-0.2, -0.15) is 4.68 Å². The molecule has 244 valence electrons. The van der Waals surface area contributed by atoms with Crippen molar-refractivity contribution in [1.82, 2.24) is 34.7 Å². The number of halogens is 1. The summed E-state index contributed by atoms with van der Waals surface area (Å²) in [6.45, 7) is 1.04. The lowest BCUT2D eigenvalue weighted by molar-refractivity contribution is -0.122. The topological polar surface area (TPSA) is 191 Å². The molecule has 0 aliphatic carbocycles. The molecule has 0 radical (unpaired) electrons. The Balaban J connectivity index is 0.00000139. The number of fused-ring (bicyclic) bond motifs is 1. The molecule has 0 saturated carbocycles. The van der Waals surface area contributed by atoms with Gasteiger partial charge in [-0.05, 0) is 70.8 Å². The van der Waals surface area contributed by atoms with Crippen LogP contribution in [0.5, 0.6) is 0 Å². The predicted octanol–water partition coefficient (Wildman–Crippen LogP) is 3.92. The first-order chi connectivity index (χ1) is 22.8. The zero-order valence-electron chi connectivity index (χ0n) is 25.2. The Morgan fingerprint density at radius 1 is 1.13 bits per heavy atom. The number of rotatable bonds is 11. The minimum Gasteiger partial charge on any atom is -0.483 e. The highest BCUT2D eigenvalue weighted by Crippen LogP contribution is 2.34. The minimum atomic E-state index is -1.06. The highest BCUT2D eigenvalue weighted by molar-refractivity contribution is 6.31. The van der Waals surface area contributed by atoms with Crippen molar-refractivity contribution in [2.45, 2.75) is 18.9 Å². The number of amides is 1. The smallest absolute Gasteiger partial charge is 0.411 e. The van der Waals surface area contributed by atoms with Crippen LogP contribution < -0.4 is 10.5 Å². The van der Waals surface area contributed by atoms with E-state index in [4.69, 9.17) is 31.0 Å². The third kappa shape index (κ3) is 7.54. The van der Waals surface area contributed by atoms with Crippen LogP contribution in [0.3, 0.4) is 0 Å². The second kappa shape index (κ2) is 15.3. The summed E-state index contributed by atoms with van der Waals surface area (Å²) in [5, 5.41) is 28.6. The fourth-order valence-corrected chi connectivity index (χ4v) is 5.60. The first kappa shape index (κ1) is 33.0. The Morgan fingerprint density at radius 2 is 1.91 bits per heavy atom. The molecule has 6 rings (SSSR count). The fraction of sp³-hybridized carbons (Fsp3) is 0.258. The highest BCUT2D eigenvalue weighted by atomic mass is 35.5. The van der Waals surface area contributed by atoms with Gasteiger partial charge < -0.3 is 29.2 Å². The molecule has 1 aliphatic rings. The largest absolute Gasteiger partial charge is 0.483 e. The van der Waals surface area contributed by atoms with E-state index in [0.717, 1.165) is 28.1 Å². The van der Waals surface area contributed by atoms with E-state index in [1.165, 1.54) is 15.9 Å². The number of H-pyrrole nitrogens is 1. The van der Waals surface area contributed by atoms with Crippen LogP contribution in [0.25, 0.3) is 28.1 Å². The van der Waals surface area contributed by atoms with Crippen molar-refractivity contribution in [2.24, 2.45) is 0 Å². The number of methoxy groups -OCH3 is 1. The first-order valence-electron chi connectivity index (χ1n) is 14.4. The number of anilines is 1. The van der Waals surface area contributed by atoms with Gasteiger partial charge in [-0.25, -0.2) is 9.78 Å². The molecular weight excluding hydrogens is 632 g/mol. The fourth-order valence-electron chi connectivity index (χ4n) is 5.43. The van der Waals surface area contributed by atoms with Crippen molar-refractivity contribution in [3.8, 4) is 28.1 Å². The highest BCUT2D eigenvalue weighted by Gasteiger charge is 2.28. The van der Waals surface area contributed by atoms with E-state index in [2.05, 4.69) is 25.5 Å². The van der Waals surface area contributed by atoms with E-state index in [1.54, 1.807) is 48.2 Å². The lowest BCUT2D eigenvalue weighted by atomic mass is 10.0. The summed E-state index contributed by atoms with van der Waals surface area (Å²) < 4.78 is 13.7. The number of imidazole rings is 1. The van der Waals surface area contributed by atoms with Gasteiger partial charge in [0, 0.05) is 35.1 Å². The Morgan fingerprint density at radius 3 is 2.62 bits per heavy atom. The second-order valence-electron chi connectivity index (χ2n) is 10.3. The zero-order valence-corrected chi connectivity index (χ0v) is 25.9. The molecule has 3 aromatic heterocycles. The average Bonchev–Trinajstić information content (AvgIpc) is 3.85. The van der Waals surface area contributed by atoms with Crippen LogP contribution >= 0.6 is 11.6 Å². The number of nitrogens with zero attached hydrogens (tertiary/aromatic N) is 7. The van der Waals surface area contributed by atoms with E-state index in [9.17, 15) is 14.7 Å². The van der Waals surface area contributed by atoms with Gasteiger partial charge in [0.15, 0.2) is 0 Å². The summed E-state index contributed by atoms with van der Waals surface area (Å²) in [5.74, 6) is 0.676. The summed E-state index contributed by atoms with van der Waals surface area (Å²) in [4.78, 5) is 42.9. The van der Waals surface area contributed by atoms with E-state index >= 15 is 0 Å². The number of hydrogen-bond donors (Lipinski definition) is 3. The molecule has 1 amide bonds. The third-order valence-electron chi connectivity index (χ3n) is 7.52. The number of hydrogen-bond acceptors (Lipinski definition) is 9. The summed E-state index contributed by atoms with van der Waals surface area (Å²) in [5.41, 5.74) is 5.07. The predicted molar refractivity (Wildman–Crippen MR) is 171 cm³/mol. The maximum atomic E-state index is 13.5. The lowest BCUT2D eigenvalue weighted by Crippen LogP contribution is -2.32. The molecule has 0 saturated heterocycles. The number of aromatic amines is 1. The average molecular weight is 663 g/mol. The molecular formula is C31H31ClN8O7. The first-order valence-corrected chi connectivity index (χ1v) is 14.8. The molecule has 0 fully saturated rings. The van der Waals surface area contributed by atoms with Crippen LogP contribution in [0.15, 0.2) is 71.9 Å². The van der Waals surface area contributed by atoms with Gasteiger partial charge in [0.05, 0.1) is 50.0 Å². The van der Waals surface area contributed by atoms with Crippen molar-refractivity contribution >= 4 is 29.9 Å². The van der Waals surface area contributed by atoms with Gasteiger partial charge in [0.2, 0.25) is 0 Å². The summed E-state index contributed by atoms with van der Waals surface area (Å²) in [6.07, 6.45) is 3.56. The summed E-state index contributed by atoms with van der Waals surface area (Å²) in [7, 11) is 1.58. The van der Waals surface area contributed by atoms with Crippen molar-refractivity contribution < 1.29 is 29.3 Å². The minimum absolute atomic E-state index is 0.148. The number of carboxylic acid groups (broad SMARTS) is 2. The van der Waals surface area contributed by atoms with Gasteiger partial charge in [-0.3, -0.25) is 14.5 Å². The van der Waals surface area contributed by atoms with Gasteiger partial charge in [0.1, 0.15) is 12.2 Å². The molecule has 1 atom stereocenters. The zero-order chi connectivity index (χ0) is 33.3. The molecule has 1 aliphatic heterocycles. The number of tetrazole rings is 1. The second-order valence-corrected chi connectivity index (χ2v) is 10.7. The van der Waals surface area contributed by atoms with Crippen molar-refractivity contribution in [3.63, 3.8) is 0 Å². The lowest BCUT2D eigenvalue weighted by Gasteiger charge is -2.19. The number of pyridine rings is 1. The van der Waals surface area contributed by atoms with Gasteiger partial charge in [0.25, 0.3) is 12.0 Å². The number of benzene rings is 2. The Hall–Kier alpha value is -5.38. The Bertz CT molecular complexity index is 1880.